The lowest BCUT2D eigenvalue weighted by Gasteiger charge is -2.35. The average molecular weight is 193 g/mol. The highest BCUT2D eigenvalue weighted by molar-refractivity contribution is 5.94. The maximum absolute atomic E-state index is 11.6. The Bertz CT molecular complexity index is 341. The molecule has 0 saturated carbocycles. The molecule has 1 aliphatic rings. The molecule has 0 aromatic heterocycles. The first-order chi connectivity index (χ1) is 6.66. The molecule has 0 radical (unpaired) electrons. The molecule has 1 aliphatic heterocycles. The van der Waals surface area contributed by atoms with Gasteiger partial charge in [-0.05, 0) is 24.3 Å². The lowest BCUT2D eigenvalue weighted by Crippen LogP contribution is -2.53. The predicted octanol–water partition coefficient (Wildman–Crippen LogP) is 0.209. The van der Waals surface area contributed by atoms with Crippen LogP contribution in [0, 0.1) is 0 Å². The molecule has 14 heavy (non-hydrogen) atoms. The van der Waals surface area contributed by atoms with Gasteiger partial charge in [-0.15, -0.1) is 0 Å². The summed E-state index contributed by atoms with van der Waals surface area (Å²) in [6, 6.07) is 6.09. The highest BCUT2D eigenvalue weighted by Crippen LogP contribution is 2.15. The molecule has 0 atom stereocenters. The Labute approximate surface area is 81.4 Å². The van der Waals surface area contributed by atoms with Crippen LogP contribution in [0.3, 0.4) is 0 Å². The van der Waals surface area contributed by atoms with Gasteiger partial charge in [0, 0.05) is 18.7 Å². The van der Waals surface area contributed by atoms with Gasteiger partial charge in [0.15, 0.2) is 0 Å². The monoisotopic (exact) mass is 193 g/mol. The molecular weight excluding hydrogens is 182 g/mol. The number of β-amino-alcohol motifs (C(OH)–C–C–N with tert-alkyl or cyclic N) is 1. The molecule has 1 fully saturated rings. The molecule has 1 heterocycles. The van der Waals surface area contributed by atoms with Crippen molar-refractivity contribution in [3.8, 4) is 5.75 Å². The summed E-state index contributed by atoms with van der Waals surface area (Å²) in [6.45, 7) is 0.805. The number of aromatic hydroxyl groups is 1. The summed E-state index contributed by atoms with van der Waals surface area (Å²) in [7, 11) is 0. The van der Waals surface area contributed by atoms with Crippen LogP contribution in [0.2, 0.25) is 0 Å². The normalized spacial score (nSPS) is 16.5. The molecule has 0 bridgehead atoms. The summed E-state index contributed by atoms with van der Waals surface area (Å²) in [5.41, 5.74) is 0.537. The smallest absolute Gasteiger partial charge is 0.254 e. The third-order valence-electron chi connectivity index (χ3n) is 2.26. The van der Waals surface area contributed by atoms with E-state index in [4.69, 9.17) is 10.2 Å². The molecule has 1 saturated heterocycles. The van der Waals surface area contributed by atoms with Crippen LogP contribution in [0.1, 0.15) is 10.4 Å². The first kappa shape index (κ1) is 9.02. The fourth-order valence-corrected chi connectivity index (χ4v) is 1.41. The Morgan fingerprint density at radius 3 is 2.36 bits per heavy atom. The standard InChI is InChI=1S/C10H11NO3/c12-8-3-1-7(2-4-8)10(14)11-5-9(13)6-11/h1-4,9,12-13H,5-6H2. The van der Waals surface area contributed by atoms with Crippen LogP contribution in [-0.2, 0) is 0 Å². The van der Waals surface area contributed by atoms with Gasteiger partial charge in [-0.2, -0.15) is 0 Å². The van der Waals surface area contributed by atoms with Crippen LogP contribution in [0.25, 0.3) is 0 Å². The molecule has 2 N–H and O–H groups in total. The minimum atomic E-state index is -0.379. The third kappa shape index (κ3) is 1.56. The van der Waals surface area contributed by atoms with Crippen LogP contribution in [0.5, 0.6) is 5.75 Å². The van der Waals surface area contributed by atoms with Crippen molar-refractivity contribution in [3.05, 3.63) is 29.8 Å². The van der Waals surface area contributed by atoms with E-state index in [1.54, 1.807) is 17.0 Å². The van der Waals surface area contributed by atoms with Gasteiger partial charge in [0.2, 0.25) is 0 Å². The van der Waals surface area contributed by atoms with Gasteiger partial charge in [0.05, 0.1) is 6.10 Å². The lowest BCUT2D eigenvalue weighted by molar-refractivity contribution is 0.00589. The Morgan fingerprint density at radius 1 is 1.29 bits per heavy atom. The molecule has 1 aromatic carbocycles. The minimum absolute atomic E-state index is 0.102. The number of benzene rings is 1. The van der Waals surface area contributed by atoms with Gasteiger partial charge in [0.1, 0.15) is 5.75 Å². The van der Waals surface area contributed by atoms with Crippen molar-refractivity contribution in [2.45, 2.75) is 6.10 Å². The van der Waals surface area contributed by atoms with Crippen LogP contribution < -0.4 is 0 Å². The van der Waals surface area contributed by atoms with E-state index in [0.717, 1.165) is 0 Å². The van der Waals surface area contributed by atoms with Crippen LogP contribution >= 0.6 is 0 Å². The second-order valence-corrected chi connectivity index (χ2v) is 3.41. The van der Waals surface area contributed by atoms with Crippen molar-refractivity contribution in [2.75, 3.05) is 13.1 Å². The number of carbonyl (C=O) groups is 1. The Balaban J connectivity index is 2.08. The molecule has 4 nitrogen and oxygen atoms in total. The quantitative estimate of drug-likeness (QED) is 0.670. The third-order valence-corrected chi connectivity index (χ3v) is 2.26. The van der Waals surface area contributed by atoms with Gasteiger partial charge in [-0.1, -0.05) is 0 Å². The highest BCUT2D eigenvalue weighted by atomic mass is 16.3. The van der Waals surface area contributed by atoms with E-state index >= 15 is 0 Å². The van der Waals surface area contributed by atoms with Crippen LogP contribution in [0.4, 0.5) is 0 Å². The molecule has 0 unspecified atom stereocenters. The van der Waals surface area contributed by atoms with Crippen molar-refractivity contribution in [3.63, 3.8) is 0 Å². The van der Waals surface area contributed by atoms with Crippen molar-refractivity contribution in [2.24, 2.45) is 0 Å². The number of phenolic OH excluding ortho intramolecular Hbond substituents is 1. The summed E-state index contributed by atoms with van der Waals surface area (Å²) in [4.78, 5) is 13.2. The fraction of sp³-hybridized carbons (Fsp3) is 0.300. The molecule has 0 aliphatic carbocycles. The van der Waals surface area contributed by atoms with Crippen LogP contribution in [0.15, 0.2) is 24.3 Å². The number of nitrogens with zero attached hydrogens (tertiary/aromatic N) is 1. The van der Waals surface area contributed by atoms with Crippen molar-refractivity contribution in [1.82, 2.24) is 4.90 Å². The molecule has 1 amide bonds. The van der Waals surface area contributed by atoms with Crippen LogP contribution in [-0.4, -0.2) is 40.2 Å². The van der Waals surface area contributed by atoms with E-state index in [-0.39, 0.29) is 17.8 Å². The molecular formula is C10H11NO3. The fourth-order valence-electron chi connectivity index (χ4n) is 1.41. The number of aliphatic hydroxyl groups excluding tert-OH is 1. The number of hydrogen-bond donors (Lipinski definition) is 2. The summed E-state index contributed by atoms with van der Waals surface area (Å²) in [5, 5.41) is 18.0. The summed E-state index contributed by atoms with van der Waals surface area (Å²) >= 11 is 0. The maximum atomic E-state index is 11.6. The largest absolute Gasteiger partial charge is 0.508 e. The van der Waals surface area contributed by atoms with E-state index in [1.165, 1.54) is 12.1 Å². The molecule has 1 aromatic rings. The van der Waals surface area contributed by atoms with E-state index in [0.29, 0.717) is 18.7 Å². The maximum Gasteiger partial charge on any atom is 0.254 e. The summed E-state index contributed by atoms with van der Waals surface area (Å²) in [6.07, 6.45) is -0.379. The van der Waals surface area contributed by atoms with E-state index in [1.807, 2.05) is 0 Å². The first-order valence-electron chi connectivity index (χ1n) is 4.43. The topological polar surface area (TPSA) is 60.8 Å². The minimum Gasteiger partial charge on any atom is -0.508 e. The molecule has 2 rings (SSSR count). The lowest BCUT2D eigenvalue weighted by atomic mass is 10.1. The Morgan fingerprint density at radius 2 is 1.86 bits per heavy atom. The summed E-state index contributed by atoms with van der Waals surface area (Å²) < 4.78 is 0. The van der Waals surface area contributed by atoms with Gasteiger partial charge in [-0.25, -0.2) is 0 Å². The zero-order chi connectivity index (χ0) is 10.1. The molecule has 0 spiro atoms. The number of aliphatic hydroxyl groups is 1. The number of rotatable bonds is 1. The van der Waals surface area contributed by atoms with Gasteiger partial charge < -0.3 is 15.1 Å². The van der Waals surface area contributed by atoms with Gasteiger partial charge >= 0.3 is 0 Å². The number of hydrogen-bond acceptors (Lipinski definition) is 3. The predicted molar refractivity (Wildman–Crippen MR) is 50.0 cm³/mol. The average Bonchev–Trinajstić information content (AvgIpc) is 2.13. The number of carbonyl (C=O) groups excluding carboxylic acids is 1. The van der Waals surface area contributed by atoms with Gasteiger partial charge in [-0.3, -0.25) is 4.79 Å². The second kappa shape index (κ2) is 3.31. The van der Waals surface area contributed by atoms with E-state index in [9.17, 15) is 4.79 Å². The Hall–Kier alpha value is -1.55. The molecule has 74 valence electrons. The number of likely N-dealkylation sites (tertiary alicyclic amines) is 1. The Kier molecular flexibility index (Phi) is 2.13. The first-order valence-corrected chi connectivity index (χ1v) is 4.43. The van der Waals surface area contributed by atoms with Crippen molar-refractivity contribution >= 4 is 5.91 Å². The van der Waals surface area contributed by atoms with Gasteiger partial charge in [0.25, 0.3) is 5.91 Å². The highest BCUT2D eigenvalue weighted by Gasteiger charge is 2.29. The van der Waals surface area contributed by atoms with Crippen molar-refractivity contribution in [1.29, 1.82) is 0 Å². The SMILES string of the molecule is O=C(c1ccc(O)cc1)N1CC(O)C1. The zero-order valence-corrected chi connectivity index (χ0v) is 7.55. The van der Waals surface area contributed by atoms with E-state index < -0.39 is 0 Å². The second-order valence-electron chi connectivity index (χ2n) is 3.41. The number of amides is 1. The molecule has 4 heteroatoms. The zero-order valence-electron chi connectivity index (χ0n) is 7.55. The summed E-state index contributed by atoms with van der Waals surface area (Å²) in [5.74, 6) is 0.0421. The number of phenols is 1. The van der Waals surface area contributed by atoms with Crippen molar-refractivity contribution < 1.29 is 15.0 Å². The van der Waals surface area contributed by atoms with E-state index in [2.05, 4.69) is 0 Å².